The van der Waals surface area contributed by atoms with E-state index >= 15 is 0 Å². The lowest BCUT2D eigenvalue weighted by molar-refractivity contribution is 0.325. The lowest BCUT2D eigenvalue weighted by atomic mass is 10.2. The van der Waals surface area contributed by atoms with Crippen molar-refractivity contribution in [2.75, 3.05) is 31.4 Å². The van der Waals surface area contributed by atoms with Crippen LogP contribution in [0.25, 0.3) is 0 Å². The molecule has 0 N–H and O–H groups in total. The molecule has 4 heteroatoms. The van der Waals surface area contributed by atoms with Gasteiger partial charge in [0.25, 0.3) is 0 Å². The second kappa shape index (κ2) is 12.7. The highest BCUT2D eigenvalue weighted by Gasteiger charge is 1.97. The van der Waals surface area contributed by atoms with E-state index in [4.69, 9.17) is 23.2 Å². The zero-order valence-corrected chi connectivity index (χ0v) is 13.3. The van der Waals surface area contributed by atoms with Crippen LogP contribution in [0.3, 0.4) is 0 Å². The molecule has 0 aliphatic heterocycles. The number of hydrogen-bond acceptors (Lipinski definition) is 1. The van der Waals surface area contributed by atoms with Gasteiger partial charge < -0.3 is 4.90 Å². The molecule has 0 bridgehead atoms. The lowest BCUT2D eigenvalue weighted by Gasteiger charge is -2.16. The molecule has 1 rings (SSSR count). The minimum atomic E-state index is 0.699. The van der Waals surface area contributed by atoms with E-state index in [-0.39, 0.29) is 0 Å². The van der Waals surface area contributed by atoms with E-state index < -0.39 is 0 Å². The Kier molecular flexibility index (Phi) is 12.9. The summed E-state index contributed by atoms with van der Waals surface area (Å²) in [5.74, 6) is 1.40. The van der Waals surface area contributed by atoms with E-state index in [2.05, 4.69) is 39.9 Å². The van der Waals surface area contributed by atoms with Gasteiger partial charge in [-0.1, -0.05) is 53.2 Å². The average Bonchev–Trinajstić information content (AvgIpc) is 2.40. The molecular weight excluding hydrogens is 321 g/mol. The molecule has 0 aliphatic rings. The van der Waals surface area contributed by atoms with Crippen LogP contribution in [-0.4, -0.2) is 36.3 Å². The Labute approximate surface area is 123 Å². The highest BCUT2D eigenvalue weighted by atomic mass is 79.9. The molecule has 1 nitrogen and oxygen atoms in total. The van der Waals surface area contributed by atoms with Crippen molar-refractivity contribution < 1.29 is 0 Å². The van der Waals surface area contributed by atoms with Gasteiger partial charge in [0.15, 0.2) is 0 Å². The van der Waals surface area contributed by atoms with Crippen LogP contribution < -0.4 is 0 Å². The van der Waals surface area contributed by atoms with E-state index in [0.29, 0.717) is 11.8 Å². The van der Waals surface area contributed by atoms with Gasteiger partial charge in [0.1, 0.15) is 0 Å². The maximum Gasteiger partial charge on any atom is 0.0351 e. The number of benzene rings is 1. The minimum absolute atomic E-state index is 0.699. The Bertz CT molecular complexity index is 251. The van der Waals surface area contributed by atoms with Crippen molar-refractivity contribution in [2.45, 2.75) is 12.3 Å². The fourth-order valence-electron chi connectivity index (χ4n) is 1.23. The highest BCUT2D eigenvalue weighted by Crippen LogP contribution is 2.02. The van der Waals surface area contributed by atoms with E-state index in [9.17, 15) is 0 Å². The molecule has 0 unspecified atom stereocenters. The van der Waals surface area contributed by atoms with Crippen molar-refractivity contribution in [3.63, 3.8) is 0 Å². The first kappa shape index (κ1) is 17.2. The summed E-state index contributed by atoms with van der Waals surface area (Å²) >= 11 is 14.4. The summed E-state index contributed by atoms with van der Waals surface area (Å²) in [6, 6.07) is 10.3. The Morgan fingerprint density at radius 2 is 1.59 bits per heavy atom. The third-order valence-corrected chi connectivity index (χ3v) is 3.23. The smallest absolute Gasteiger partial charge is 0.0351 e. The van der Waals surface area contributed by atoms with Crippen LogP contribution in [0.5, 0.6) is 0 Å². The molecule has 0 atom stereocenters. The van der Waals surface area contributed by atoms with Crippen LogP contribution in [0, 0.1) is 0 Å². The van der Waals surface area contributed by atoms with Gasteiger partial charge in [-0.05, 0) is 12.1 Å². The second-order valence-corrected chi connectivity index (χ2v) is 4.75. The van der Waals surface area contributed by atoms with E-state index in [1.165, 1.54) is 5.56 Å². The molecule has 0 spiro atoms. The monoisotopic (exact) mass is 339 g/mol. The summed E-state index contributed by atoms with van der Waals surface area (Å²) in [6.45, 7) is 5.05. The molecule has 98 valence electrons. The first-order chi connectivity index (χ1) is 8.28. The van der Waals surface area contributed by atoms with Gasteiger partial charge in [-0.25, -0.2) is 0 Å². The van der Waals surface area contributed by atoms with E-state index in [0.717, 1.165) is 25.0 Å². The van der Waals surface area contributed by atoms with Crippen LogP contribution in [0.1, 0.15) is 12.5 Å². The zero-order chi connectivity index (χ0) is 12.9. The molecule has 0 aliphatic carbocycles. The molecular formula is C13H20BrCl2N. The Hall–Kier alpha value is 0.240. The molecule has 1 aromatic rings. The second-order valence-electron chi connectivity index (χ2n) is 3.43. The summed E-state index contributed by atoms with van der Waals surface area (Å²) < 4.78 is 0. The molecule has 1 aromatic carbocycles. The Morgan fingerprint density at radius 1 is 1.06 bits per heavy atom. The summed E-state index contributed by atoms with van der Waals surface area (Å²) in [6.07, 6.45) is 0. The fraction of sp³-hybridized carbons (Fsp3) is 0.538. The third-order valence-electron chi connectivity index (χ3n) is 2.25. The van der Waals surface area contributed by atoms with Crippen LogP contribution in [0.2, 0.25) is 0 Å². The number of hydrogen-bond donors (Lipinski definition) is 0. The first-order valence-electron chi connectivity index (χ1n) is 5.72. The number of nitrogens with zero attached hydrogens (tertiary/aromatic N) is 1. The van der Waals surface area contributed by atoms with Crippen molar-refractivity contribution >= 4 is 39.1 Å². The van der Waals surface area contributed by atoms with Crippen LogP contribution >= 0.6 is 39.1 Å². The maximum absolute atomic E-state index is 5.53. The van der Waals surface area contributed by atoms with Crippen molar-refractivity contribution in [3.05, 3.63) is 35.9 Å². The molecule has 0 fully saturated rings. The van der Waals surface area contributed by atoms with Crippen molar-refractivity contribution in [3.8, 4) is 0 Å². The number of halogens is 3. The summed E-state index contributed by atoms with van der Waals surface area (Å²) in [7, 11) is 0. The van der Waals surface area contributed by atoms with Crippen LogP contribution in [-0.2, 0) is 5.33 Å². The fourth-order valence-corrected chi connectivity index (χ4v) is 2.09. The molecule has 0 heterocycles. The van der Waals surface area contributed by atoms with Gasteiger partial charge in [-0.3, -0.25) is 0 Å². The number of alkyl halides is 3. The van der Waals surface area contributed by atoms with E-state index in [1.807, 2.05) is 18.2 Å². The zero-order valence-electron chi connectivity index (χ0n) is 10.2. The minimum Gasteiger partial charge on any atom is -0.301 e. The Balaban J connectivity index is 0.000000302. The highest BCUT2D eigenvalue weighted by molar-refractivity contribution is 9.08. The lowest BCUT2D eigenvalue weighted by Crippen LogP contribution is -2.27. The molecule has 17 heavy (non-hydrogen) atoms. The molecule has 0 radical (unpaired) electrons. The predicted molar refractivity (Wildman–Crippen MR) is 82.6 cm³/mol. The van der Waals surface area contributed by atoms with Crippen molar-refractivity contribution in [2.24, 2.45) is 0 Å². The van der Waals surface area contributed by atoms with Crippen molar-refractivity contribution in [1.29, 1.82) is 0 Å². The number of rotatable bonds is 6. The summed E-state index contributed by atoms with van der Waals surface area (Å²) in [5.41, 5.74) is 1.33. The van der Waals surface area contributed by atoms with Gasteiger partial charge in [0, 0.05) is 30.2 Å². The summed E-state index contributed by atoms with van der Waals surface area (Å²) in [5, 5.41) is 0.952. The van der Waals surface area contributed by atoms with Gasteiger partial charge in [0.2, 0.25) is 0 Å². The van der Waals surface area contributed by atoms with E-state index in [1.54, 1.807) is 0 Å². The Morgan fingerprint density at radius 3 is 1.88 bits per heavy atom. The molecule has 0 saturated heterocycles. The van der Waals surface area contributed by atoms with Gasteiger partial charge >= 0.3 is 0 Å². The normalized spacial score (nSPS) is 9.94. The topological polar surface area (TPSA) is 3.24 Å². The predicted octanol–water partition coefficient (Wildman–Crippen LogP) is 4.37. The van der Waals surface area contributed by atoms with Gasteiger partial charge in [-0.2, -0.15) is 0 Å². The maximum atomic E-state index is 5.53. The SMILES string of the molecule is BrCc1ccccc1.CCN(CCCl)CCCl. The first-order valence-corrected chi connectivity index (χ1v) is 7.91. The molecule has 0 aromatic heterocycles. The van der Waals surface area contributed by atoms with Crippen LogP contribution in [0.4, 0.5) is 0 Å². The van der Waals surface area contributed by atoms with Crippen LogP contribution in [0.15, 0.2) is 30.3 Å². The van der Waals surface area contributed by atoms with Crippen molar-refractivity contribution in [1.82, 2.24) is 4.90 Å². The standard InChI is InChI=1S/C7H7Br.C6H13Cl2N/c8-6-7-4-2-1-3-5-7;1-2-9(5-3-7)6-4-8/h1-5H,6H2;2-6H2,1H3. The molecule has 0 amide bonds. The quantitative estimate of drug-likeness (QED) is 0.695. The third kappa shape index (κ3) is 9.90. The van der Waals surface area contributed by atoms with Gasteiger partial charge in [0.05, 0.1) is 0 Å². The largest absolute Gasteiger partial charge is 0.301 e. The molecule has 0 saturated carbocycles. The average molecular weight is 341 g/mol. The van der Waals surface area contributed by atoms with Gasteiger partial charge in [-0.15, -0.1) is 23.2 Å². The summed E-state index contributed by atoms with van der Waals surface area (Å²) in [4.78, 5) is 2.22.